The first-order valence-electron chi connectivity index (χ1n) is 13.6. The molecule has 1 aliphatic carbocycles. The van der Waals surface area contributed by atoms with Crippen molar-refractivity contribution in [1.29, 1.82) is 0 Å². The molecule has 2 atom stereocenters. The summed E-state index contributed by atoms with van der Waals surface area (Å²) in [5, 5.41) is 0.680. The Morgan fingerprint density at radius 1 is 1.00 bits per heavy atom. The molecule has 0 radical (unpaired) electrons. The van der Waals surface area contributed by atoms with Gasteiger partial charge in [0.1, 0.15) is 5.69 Å². The van der Waals surface area contributed by atoms with E-state index in [1.54, 1.807) is 23.1 Å². The fourth-order valence-electron chi connectivity index (χ4n) is 5.86. The number of rotatable bonds is 5. The van der Waals surface area contributed by atoms with Crippen LogP contribution in [0.25, 0.3) is 0 Å². The van der Waals surface area contributed by atoms with Gasteiger partial charge in [0.2, 0.25) is 11.8 Å². The highest BCUT2D eigenvalue weighted by Crippen LogP contribution is 2.47. The summed E-state index contributed by atoms with van der Waals surface area (Å²) in [6.45, 7) is 3.52. The average Bonchev–Trinajstić information content (AvgIpc) is 3.55. The number of likely N-dealkylation sites (N-methyl/N-ethyl adjacent to an activating group) is 1. The normalized spacial score (nSPS) is 22.5. The molecular weight excluding hydrogens is 580 g/mol. The van der Waals surface area contributed by atoms with E-state index < -0.39 is 23.7 Å². The molecule has 1 saturated carbocycles. The van der Waals surface area contributed by atoms with Crippen molar-refractivity contribution in [3.8, 4) is 0 Å². The maximum atomic E-state index is 13.7. The van der Waals surface area contributed by atoms with E-state index in [9.17, 15) is 27.6 Å². The van der Waals surface area contributed by atoms with Crippen LogP contribution in [0.15, 0.2) is 36.5 Å². The number of alkyl halides is 3. The molecule has 220 valence electrons. The number of likely N-dealkylation sites (tertiary alicyclic amines) is 2. The Hall–Kier alpha value is -2.85. The number of pyridine rings is 1. The van der Waals surface area contributed by atoms with Gasteiger partial charge in [-0.25, -0.2) is 0 Å². The molecule has 12 heteroatoms. The molecular formula is C29H31Cl2F3N4O3. The molecule has 0 spiro atoms. The van der Waals surface area contributed by atoms with Crippen LogP contribution in [-0.4, -0.2) is 76.7 Å². The van der Waals surface area contributed by atoms with E-state index in [4.69, 9.17) is 23.2 Å². The second-order valence-corrected chi connectivity index (χ2v) is 12.4. The Morgan fingerprint density at radius 2 is 1.68 bits per heavy atom. The van der Waals surface area contributed by atoms with Gasteiger partial charge < -0.3 is 14.7 Å². The van der Waals surface area contributed by atoms with E-state index in [1.807, 2.05) is 11.8 Å². The first-order valence-corrected chi connectivity index (χ1v) is 14.4. The zero-order valence-electron chi connectivity index (χ0n) is 22.8. The van der Waals surface area contributed by atoms with Crippen molar-refractivity contribution >= 4 is 40.9 Å². The lowest BCUT2D eigenvalue weighted by atomic mass is 9.93. The van der Waals surface area contributed by atoms with E-state index >= 15 is 0 Å². The van der Waals surface area contributed by atoms with Crippen molar-refractivity contribution in [2.45, 2.75) is 50.7 Å². The standard InChI is InChI=1S/C29H31Cl2F3N4O3/c1-28(8-9-28)27(41)37-11-6-17(7-12-37)25(39)38-15-20(18-3-4-21(30)22(31)13-18)24(16-38)36(2)26(40)23-14-19(5-10-35-23)29(32,33)34/h3-5,10,13-14,17,20,24H,6-9,11-12,15-16H2,1-2H3/t20-,24+/m0/s1. The van der Waals surface area contributed by atoms with Crippen LogP contribution < -0.4 is 0 Å². The van der Waals surface area contributed by atoms with Crippen molar-refractivity contribution in [3.63, 3.8) is 0 Å². The van der Waals surface area contributed by atoms with Gasteiger partial charge in [0.05, 0.1) is 21.7 Å². The summed E-state index contributed by atoms with van der Waals surface area (Å²) in [5.74, 6) is -1.19. The van der Waals surface area contributed by atoms with Gasteiger partial charge in [-0.05, 0) is 55.5 Å². The molecule has 3 heterocycles. The third kappa shape index (κ3) is 6.04. The van der Waals surface area contributed by atoms with Crippen molar-refractivity contribution < 1.29 is 27.6 Å². The third-order valence-electron chi connectivity index (χ3n) is 8.74. The van der Waals surface area contributed by atoms with Crippen LogP contribution in [0.2, 0.25) is 10.0 Å². The van der Waals surface area contributed by atoms with E-state index in [0.717, 1.165) is 36.7 Å². The lowest BCUT2D eigenvalue weighted by Crippen LogP contribution is -2.46. The van der Waals surface area contributed by atoms with Gasteiger partial charge in [-0.15, -0.1) is 0 Å². The fourth-order valence-corrected chi connectivity index (χ4v) is 6.16. The molecule has 0 bridgehead atoms. The van der Waals surface area contributed by atoms with Gasteiger partial charge >= 0.3 is 6.18 Å². The van der Waals surface area contributed by atoms with Crippen LogP contribution in [0.1, 0.15) is 60.1 Å². The molecule has 1 aromatic heterocycles. The Balaban J connectivity index is 1.35. The summed E-state index contributed by atoms with van der Waals surface area (Å²) < 4.78 is 39.9. The number of piperidine rings is 1. The molecule has 3 amide bonds. The highest BCUT2D eigenvalue weighted by atomic mass is 35.5. The SMILES string of the molecule is CN(C(=O)c1cc(C(F)(F)F)ccn1)[C@@H]1CN(C(=O)C2CCN(C(=O)C3(C)CC3)CC2)C[C@H]1c1ccc(Cl)c(Cl)c1. The van der Waals surface area contributed by atoms with Crippen molar-refractivity contribution in [2.24, 2.45) is 11.3 Å². The molecule has 2 saturated heterocycles. The van der Waals surface area contributed by atoms with Gasteiger partial charge in [-0.3, -0.25) is 19.4 Å². The number of carbonyl (C=O) groups excluding carboxylic acids is 3. The van der Waals surface area contributed by atoms with Crippen molar-refractivity contribution in [1.82, 2.24) is 19.7 Å². The quantitative estimate of drug-likeness (QED) is 0.447. The number of nitrogens with zero attached hydrogens (tertiary/aromatic N) is 4. The number of hydrogen-bond acceptors (Lipinski definition) is 4. The van der Waals surface area contributed by atoms with Crippen molar-refractivity contribution in [2.75, 3.05) is 33.2 Å². The number of benzene rings is 1. The van der Waals surface area contributed by atoms with Gasteiger partial charge in [-0.1, -0.05) is 36.2 Å². The predicted octanol–water partition coefficient (Wildman–Crippen LogP) is 5.51. The Kier molecular flexibility index (Phi) is 8.02. The molecule has 0 N–H and O–H groups in total. The summed E-state index contributed by atoms with van der Waals surface area (Å²) in [4.78, 5) is 48.6. The third-order valence-corrected chi connectivity index (χ3v) is 9.48. The second-order valence-electron chi connectivity index (χ2n) is 11.6. The largest absolute Gasteiger partial charge is 0.416 e. The van der Waals surface area contributed by atoms with Crippen molar-refractivity contribution in [3.05, 3.63) is 63.4 Å². The minimum atomic E-state index is -4.62. The molecule has 3 aliphatic rings. The van der Waals surface area contributed by atoms with Gasteiger partial charge in [0, 0.05) is 56.7 Å². The van der Waals surface area contributed by atoms with E-state index in [-0.39, 0.29) is 41.3 Å². The summed E-state index contributed by atoms with van der Waals surface area (Å²) >= 11 is 12.4. The van der Waals surface area contributed by atoms with Gasteiger partial charge in [0.15, 0.2) is 0 Å². The molecule has 0 unspecified atom stereocenters. The van der Waals surface area contributed by atoms with Crippen LogP contribution in [0.5, 0.6) is 0 Å². The van der Waals surface area contributed by atoms with Gasteiger partial charge in [0.25, 0.3) is 5.91 Å². The number of carbonyl (C=O) groups is 3. The lowest BCUT2D eigenvalue weighted by Gasteiger charge is -2.34. The topological polar surface area (TPSA) is 73.8 Å². The fraction of sp³-hybridized carbons (Fsp3) is 0.517. The molecule has 1 aromatic carbocycles. The van der Waals surface area contributed by atoms with Gasteiger partial charge in [-0.2, -0.15) is 13.2 Å². The smallest absolute Gasteiger partial charge is 0.342 e. The Bertz CT molecular complexity index is 1360. The Labute approximate surface area is 246 Å². The maximum Gasteiger partial charge on any atom is 0.416 e. The Morgan fingerprint density at radius 3 is 2.29 bits per heavy atom. The molecule has 2 aliphatic heterocycles. The highest BCUT2D eigenvalue weighted by Gasteiger charge is 2.48. The maximum absolute atomic E-state index is 13.7. The predicted molar refractivity (Wildman–Crippen MR) is 148 cm³/mol. The zero-order valence-corrected chi connectivity index (χ0v) is 24.3. The minimum Gasteiger partial charge on any atom is -0.342 e. The highest BCUT2D eigenvalue weighted by molar-refractivity contribution is 6.42. The summed E-state index contributed by atoms with van der Waals surface area (Å²) in [6.07, 6.45) is -0.737. The number of hydrogen-bond donors (Lipinski definition) is 0. The molecule has 7 nitrogen and oxygen atoms in total. The number of amides is 3. The van der Waals surface area contributed by atoms with Crippen LogP contribution in [0, 0.1) is 11.3 Å². The zero-order chi connectivity index (χ0) is 29.7. The molecule has 5 rings (SSSR count). The van der Waals surface area contributed by atoms with Crippen LogP contribution in [0.4, 0.5) is 13.2 Å². The van der Waals surface area contributed by atoms with E-state index in [1.165, 1.54) is 11.9 Å². The minimum absolute atomic E-state index is 0.0552. The average molecular weight is 611 g/mol. The summed E-state index contributed by atoms with van der Waals surface area (Å²) in [5.41, 5.74) is -0.789. The molecule has 2 aromatic rings. The van der Waals surface area contributed by atoms with E-state index in [2.05, 4.69) is 4.98 Å². The first kappa shape index (κ1) is 29.6. The number of aromatic nitrogens is 1. The monoisotopic (exact) mass is 610 g/mol. The van der Waals surface area contributed by atoms with E-state index in [0.29, 0.717) is 42.5 Å². The van der Waals surface area contributed by atoms with Crippen LogP contribution >= 0.6 is 23.2 Å². The summed E-state index contributed by atoms with van der Waals surface area (Å²) in [7, 11) is 1.51. The molecule has 3 fully saturated rings. The molecule has 41 heavy (non-hydrogen) atoms. The lowest BCUT2D eigenvalue weighted by molar-refractivity contribution is -0.142. The second kappa shape index (κ2) is 11.1. The number of halogens is 5. The first-order chi connectivity index (χ1) is 19.3. The van der Waals surface area contributed by atoms with Crippen LogP contribution in [0.3, 0.4) is 0 Å². The van der Waals surface area contributed by atoms with Crippen LogP contribution in [-0.2, 0) is 15.8 Å². The summed E-state index contributed by atoms with van der Waals surface area (Å²) in [6, 6.07) is 6.13.